The van der Waals surface area contributed by atoms with E-state index in [1.165, 1.54) is 0 Å². The summed E-state index contributed by atoms with van der Waals surface area (Å²) in [5.74, 6) is 0.304. The molecule has 0 saturated carbocycles. The second-order valence-electron chi connectivity index (χ2n) is 11.2. The summed E-state index contributed by atoms with van der Waals surface area (Å²) in [7, 11) is 1.71. The normalized spacial score (nSPS) is 19.8. The van der Waals surface area contributed by atoms with E-state index in [0.717, 1.165) is 55.7 Å². The number of benzene rings is 1. The highest BCUT2D eigenvalue weighted by Gasteiger charge is 2.37. The maximum Gasteiger partial charge on any atom is 0.276 e. The van der Waals surface area contributed by atoms with Gasteiger partial charge in [-0.1, -0.05) is 37.3 Å². The number of piperidine rings is 1. The Bertz CT molecular complexity index is 1080. The Morgan fingerprint density at radius 1 is 1.16 bits per heavy atom. The molecule has 208 valence electrons. The van der Waals surface area contributed by atoms with E-state index >= 15 is 0 Å². The molecule has 0 spiro atoms. The molecule has 0 aliphatic carbocycles. The number of aromatic nitrogens is 3. The van der Waals surface area contributed by atoms with E-state index in [2.05, 4.69) is 29.5 Å². The van der Waals surface area contributed by atoms with Crippen molar-refractivity contribution in [3.05, 3.63) is 41.2 Å². The number of unbranched alkanes of at least 4 members (excludes halogenated alkanes) is 1. The van der Waals surface area contributed by atoms with Crippen molar-refractivity contribution in [3.8, 4) is 5.69 Å². The minimum absolute atomic E-state index is 0.0693. The molecule has 1 N–H and O–H groups in total. The topological polar surface area (TPSA) is 92.6 Å². The van der Waals surface area contributed by atoms with Crippen molar-refractivity contribution < 1.29 is 14.3 Å². The fourth-order valence-corrected chi connectivity index (χ4v) is 5.69. The van der Waals surface area contributed by atoms with Crippen molar-refractivity contribution in [1.29, 1.82) is 0 Å². The van der Waals surface area contributed by atoms with E-state index in [-0.39, 0.29) is 29.7 Å². The van der Waals surface area contributed by atoms with Crippen LogP contribution in [0.2, 0.25) is 0 Å². The van der Waals surface area contributed by atoms with Crippen LogP contribution >= 0.6 is 0 Å². The summed E-state index contributed by atoms with van der Waals surface area (Å²) in [6, 6.07) is 7.98. The van der Waals surface area contributed by atoms with Crippen LogP contribution in [0.1, 0.15) is 67.7 Å². The van der Waals surface area contributed by atoms with Crippen molar-refractivity contribution in [3.63, 3.8) is 0 Å². The molecule has 4 rings (SSSR count). The molecule has 9 nitrogen and oxygen atoms in total. The molecule has 2 amide bonds. The summed E-state index contributed by atoms with van der Waals surface area (Å²) >= 11 is 0. The van der Waals surface area contributed by atoms with Gasteiger partial charge in [0.25, 0.3) is 5.91 Å². The average molecular weight is 525 g/mol. The Kier molecular flexibility index (Phi) is 9.91. The lowest BCUT2D eigenvalue weighted by Crippen LogP contribution is -2.55. The zero-order valence-electron chi connectivity index (χ0n) is 23.5. The van der Waals surface area contributed by atoms with Crippen LogP contribution < -0.4 is 5.32 Å². The van der Waals surface area contributed by atoms with E-state index in [1.54, 1.807) is 7.11 Å². The van der Waals surface area contributed by atoms with Gasteiger partial charge in [0.1, 0.15) is 0 Å². The van der Waals surface area contributed by atoms with Crippen LogP contribution in [0.15, 0.2) is 24.3 Å². The number of aryl methyl sites for hydroxylation is 1. The largest absolute Gasteiger partial charge is 0.385 e. The monoisotopic (exact) mass is 524 g/mol. The molecule has 2 saturated heterocycles. The van der Waals surface area contributed by atoms with Gasteiger partial charge in [0, 0.05) is 52.5 Å². The Morgan fingerprint density at radius 2 is 1.92 bits per heavy atom. The smallest absolute Gasteiger partial charge is 0.276 e. The molecular formula is C29H44N6O3. The van der Waals surface area contributed by atoms with E-state index in [4.69, 9.17) is 4.74 Å². The number of carbonyl (C=O) groups is 2. The molecule has 38 heavy (non-hydrogen) atoms. The molecule has 2 aromatic rings. The van der Waals surface area contributed by atoms with E-state index in [0.29, 0.717) is 44.8 Å². The van der Waals surface area contributed by atoms with Gasteiger partial charge in [0.2, 0.25) is 5.91 Å². The molecule has 2 fully saturated rings. The number of rotatable bonds is 11. The molecule has 1 aromatic carbocycles. The van der Waals surface area contributed by atoms with Gasteiger partial charge in [-0.05, 0) is 63.0 Å². The Balaban J connectivity index is 1.61. The van der Waals surface area contributed by atoms with Crippen molar-refractivity contribution >= 4 is 11.8 Å². The molecule has 9 heteroatoms. The number of para-hydroxylation sites is 1. The third kappa shape index (κ3) is 6.61. The molecule has 1 aromatic heterocycles. The van der Waals surface area contributed by atoms with Gasteiger partial charge in [-0.25, -0.2) is 4.68 Å². The zero-order valence-corrected chi connectivity index (χ0v) is 23.5. The Hall–Kier alpha value is -2.78. The highest BCUT2D eigenvalue weighted by molar-refractivity contribution is 5.94. The van der Waals surface area contributed by atoms with E-state index in [9.17, 15) is 9.59 Å². The maximum absolute atomic E-state index is 14.2. The first kappa shape index (κ1) is 28.2. The van der Waals surface area contributed by atoms with Crippen LogP contribution in [0.5, 0.6) is 0 Å². The van der Waals surface area contributed by atoms with E-state index in [1.807, 2.05) is 45.7 Å². The third-order valence-electron chi connectivity index (χ3n) is 7.68. The lowest BCUT2D eigenvalue weighted by atomic mass is 9.92. The number of likely N-dealkylation sites (tertiary alicyclic amines) is 1. The minimum Gasteiger partial charge on any atom is -0.385 e. The van der Waals surface area contributed by atoms with Crippen LogP contribution in [0.25, 0.3) is 5.69 Å². The summed E-state index contributed by atoms with van der Waals surface area (Å²) in [4.78, 5) is 31.4. The first-order chi connectivity index (χ1) is 18.4. The number of amides is 2. The molecular weight excluding hydrogens is 480 g/mol. The number of nitrogens with zero attached hydrogens (tertiary/aromatic N) is 5. The molecule has 2 aliphatic rings. The molecule has 1 unspecified atom stereocenters. The van der Waals surface area contributed by atoms with Crippen molar-refractivity contribution in [2.45, 2.75) is 65.3 Å². The van der Waals surface area contributed by atoms with Gasteiger partial charge < -0.3 is 19.9 Å². The predicted molar refractivity (Wildman–Crippen MR) is 147 cm³/mol. The van der Waals surface area contributed by atoms with Crippen molar-refractivity contribution in [2.75, 3.05) is 46.4 Å². The van der Waals surface area contributed by atoms with Crippen LogP contribution in [0, 0.1) is 18.8 Å². The summed E-state index contributed by atoms with van der Waals surface area (Å²) in [6.07, 6.45) is 5.28. The van der Waals surface area contributed by atoms with Gasteiger partial charge in [-0.3, -0.25) is 9.59 Å². The second kappa shape index (κ2) is 13.3. The average Bonchev–Trinajstić information content (AvgIpc) is 3.60. The third-order valence-corrected chi connectivity index (χ3v) is 7.68. The van der Waals surface area contributed by atoms with Crippen LogP contribution in [0.4, 0.5) is 0 Å². The lowest BCUT2D eigenvalue weighted by molar-refractivity contribution is -0.135. The number of carbonyl (C=O) groups excluding carboxylic acids is 2. The Morgan fingerprint density at radius 3 is 2.63 bits per heavy atom. The first-order valence-corrected chi connectivity index (χ1v) is 14.2. The first-order valence-electron chi connectivity index (χ1n) is 14.2. The molecule has 2 aliphatic heterocycles. The van der Waals surface area contributed by atoms with Crippen LogP contribution in [-0.2, 0) is 16.0 Å². The summed E-state index contributed by atoms with van der Waals surface area (Å²) in [5, 5.41) is 12.4. The van der Waals surface area contributed by atoms with Gasteiger partial charge in [-0.2, -0.15) is 0 Å². The van der Waals surface area contributed by atoms with Crippen molar-refractivity contribution in [1.82, 2.24) is 30.1 Å². The summed E-state index contributed by atoms with van der Waals surface area (Å²) in [6.45, 7) is 10.6. The number of ether oxygens (including phenoxy) is 1. The predicted octanol–water partition coefficient (Wildman–Crippen LogP) is 3.24. The standard InChI is InChI=1S/C29H44N6O3/c1-21(2)20-34(24-17-23(18-30-19-24)28(36)33-14-8-9-15-33)29(37)27-26(13-7-10-16-38-4)35(32-31-27)25-12-6-5-11-22(25)3/h5-6,11-12,21,23-24,30H,7-10,13-20H2,1-4H3/t23?,24-/m0/s1. The maximum atomic E-state index is 14.2. The van der Waals surface area contributed by atoms with Gasteiger partial charge >= 0.3 is 0 Å². The number of nitrogens with one attached hydrogen (secondary N) is 1. The number of methoxy groups -OCH3 is 1. The minimum atomic E-state index is -0.106. The molecule has 0 bridgehead atoms. The number of hydrogen-bond donors (Lipinski definition) is 1. The SMILES string of the molecule is COCCCCc1c(C(=O)N(CC(C)C)[C@@H]2CNCC(C(=O)N3CCCC3)C2)nnn1-c1ccccc1C. The van der Waals surface area contributed by atoms with Crippen LogP contribution in [-0.4, -0.2) is 89.1 Å². The quantitative estimate of drug-likeness (QED) is 0.454. The Labute approximate surface area is 226 Å². The summed E-state index contributed by atoms with van der Waals surface area (Å²) < 4.78 is 7.08. The van der Waals surface area contributed by atoms with Gasteiger partial charge in [0.15, 0.2) is 5.69 Å². The highest BCUT2D eigenvalue weighted by Crippen LogP contribution is 2.25. The van der Waals surface area contributed by atoms with Gasteiger partial charge in [0.05, 0.1) is 17.3 Å². The van der Waals surface area contributed by atoms with Crippen molar-refractivity contribution in [2.24, 2.45) is 11.8 Å². The molecule has 0 radical (unpaired) electrons. The molecule has 2 atom stereocenters. The molecule has 3 heterocycles. The fraction of sp³-hybridized carbons (Fsp3) is 0.655. The van der Waals surface area contributed by atoms with Crippen LogP contribution in [0.3, 0.4) is 0 Å². The highest BCUT2D eigenvalue weighted by atomic mass is 16.5. The summed E-state index contributed by atoms with van der Waals surface area (Å²) in [5.41, 5.74) is 3.27. The fourth-order valence-electron chi connectivity index (χ4n) is 5.69. The van der Waals surface area contributed by atoms with Gasteiger partial charge in [-0.15, -0.1) is 5.10 Å². The van der Waals surface area contributed by atoms with E-state index < -0.39 is 0 Å². The lowest BCUT2D eigenvalue weighted by Gasteiger charge is -2.39. The zero-order chi connectivity index (χ0) is 27.1. The number of hydrogen-bond acceptors (Lipinski definition) is 6. The second-order valence-corrected chi connectivity index (χ2v) is 11.2.